The molecular formula is C24H16ClFO6. The van der Waals surface area contributed by atoms with Gasteiger partial charge in [0.05, 0.1) is 24.8 Å². The van der Waals surface area contributed by atoms with E-state index in [1.54, 1.807) is 18.2 Å². The van der Waals surface area contributed by atoms with Gasteiger partial charge in [-0.1, -0.05) is 23.7 Å². The zero-order chi connectivity index (χ0) is 22.8. The van der Waals surface area contributed by atoms with Gasteiger partial charge in [-0.2, -0.15) is 0 Å². The quantitative estimate of drug-likeness (QED) is 0.295. The Morgan fingerprint density at radius 2 is 1.72 bits per heavy atom. The van der Waals surface area contributed by atoms with Gasteiger partial charge in [0.15, 0.2) is 5.76 Å². The second-order valence-corrected chi connectivity index (χ2v) is 7.07. The lowest BCUT2D eigenvalue weighted by atomic mass is 10.1. The fraction of sp³-hybridized carbons (Fsp3) is 0.0833. The third-order valence-corrected chi connectivity index (χ3v) is 5.09. The van der Waals surface area contributed by atoms with Crippen LogP contribution in [0.5, 0.6) is 23.0 Å². The first-order chi connectivity index (χ1) is 15.4. The predicted molar refractivity (Wildman–Crippen MR) is 115 cm³/mol. The van der Waals surface area contributed by atoms with E-state index < -0.39 is 17.6 Å². The molecule has 6 nitrogen and oxygen atoms in total. The van der Waals surface area contributed by atoms with Gasteiger partial charge < -0.3 is 18.9 Å². The number of carbonyl (C=O) groups excluding carboxylic acids is 2. The minimum absolute atomic E-state index is 0.0419. The average Bonchev–Trinajstić information content (AvgIpc) is 3.10. The fourth-order valence-electron chi connectivity index (χ4n) is 3.22. The highest BCUT2D eigenvalue weighted by atomic mass is 35.5. The molecule has 0 fully saturated rings. The topological polar surface area (TPSA) is 71.1 Å². The number of carbonyl (C=O) groups is 2. The van der Waals surface area contributed by atoms with Crippen molar-refractivity contribution in [2.75, 3.05) is 14.2 Å². The maximum absolute atomic E-state index is 14.1. The highest BCUT2D eigenvalue weighted by Gasteiger charge is 2.29. The number of hydrogen-bond donors (Lipinski definition) is 0. The molecule has 0 aromatic heterocycles. The molecule has 0 bridgehead atoms. The summed E-state index contributed by atoms with van der Waals surface area (Å²) in [5.41, 5.74) is 0.406. The van der Waals surface area contributed by atoms with Crippen molar-refractivity contribution in [2.24, 2.45) is 0 Å². The Bertz CT molecular complexity index is 1220. The zero-order valence-corrected chi connectivity index (χ0v) is 17.7. The van der Waals surface area contributed by atoms with Crippen LogP contribution in [0.2, 0.25) is 5.02 Å². The summed E-state index contributed by atoms with van der Waals surface area (Å²) in [6, 6.07) is 13.4. The summed E-state index contributed by atoms with van der Waals surface area (Å²) in [6.45, 7) is 0. The van der Waals surface area contributed by atoms with Crippen molar-refractivity contribution >= 4 is 29.4 Å². The van der Waals surface area contributed by atoms with Crippen LogP contribution in [-0.2, 0) is 0 Å². The van der Waals surface area contributed by atoms with Gasteiger partial charge in [0.25, 0.3) is 0 Å². The van der Waals surface area contributed by atoms with E-state index in [2.05, 4.69) is 0 Å². The molecule has 0 amide bonds. The van der Waals surface area contributed by atoms with Crippen molar-refractivity contribution in [3.63, 3.8) is 0 Å². The number of esters is 1. The van der Waals surface area contributed by atoms with E-state index in [-0.39, 0.29) is 50.5 Å². The number of benzene rings is 3. The molecule has 1 aliphatic rings. The number of Topliss-reactive ketones (excluding diaryl/α,β-unsaturated/α-hetero) is 1. The van der Waals surface area contributed by atoms with E-state index in [1.807, 2.05) is 0 Å². The summed E-state index contributed by atoms with van der Waals surface area (Å²) in [7, 11) is 2.85. The fourth-order valence-corrected chi connectivity index (χ4v) is 3.44. The first-order valence-corrected chi connectivity index (χ1v) is 9.76. The van der Waals surface area contributed by atoms with Crippen LogP contribution < -0.4 is 18.9 Å². The van der Waals surface area contributed by atoms with Gasteiger partial charge in [0.2, 0.25) is 5.78 Å². The summed E-state index contributed by atoms with van der Waals surface area (Å²) in [5.74, 6) is -0.950. The monoisotopic (exact) mass is 454 g/mol. The van der Waals surface area contributed by atoms with Crippen LogP contribution in [0, 0.1) is 5.82 Å². The maximum Gasteiger partial charge on any atom is 0.351 e. The van der Waals surface area contributed by atoms with E-state index in [4.69, 9.17) is 30.5 Å². The molecule has 0 radical (unpaired) electrons. The number of hydrogen-bond acceptors (Lipinski definition) is 6. The number of rotatable bonds is 5. The van der Waals surface area contributed by atoms with Crippen molar-refractivity contribution in [2.45, 2.75) is 0 Å². The summed E-state index contributed by atoms with van der Waals surface area (Å²) in [6.07, 6.45) is 1.24. The van der Waals surface area contributed by atoms with Crippen LogP contribution in [-0.4, -0.2) is 26.0 Å². The molecule has 0 atom stereocenters. The van der Waals surface area contributed by atoms with Crippen molar-refractivity contribution < 1.29 is 32.9 Å². The molecule has 0 saturated heterocycles. The van der Waals surface area contributed by atoms with Gasteiger partial charge in [0, 0.05) is 11.6 Å². The zero-order valence-electron chi connectivity index (χ0n) is 17.0. The molecule has 1 aliphatic heterocycles. The Morgan fingerprint density at radius 3 is 2.38 bits per heavy atom. The Labute approximate surface area is 187 Å². The van der Waals surface area contributed by atoms with E-state index in [0.29, 0.717) is 0 Å². The van der Waals surface area contributed by atoms with E-state index in [1.165, 1.54) is 56.7 Å². The summed E-state index contributed by atoms with van der Waals surface area (Å²) in [4.78, 5) is 25.4. The van der Waals surface area contributed by atoms with Crippen molar-refractivity contribution in [1.82, 2.24) is 0 Å². The predicted octanol–water partition coefficient (Wildman–Crippen LogP) is 5.33. The Kier molecular flexibility index (Phi) is 5.83. The van der Waals surface area contributed by atoms with Gasteiger partial charge >= 0.3 is 5.97 Å². The number of ether oxygens (including phenoxy) is 4. The number of methoxy groups -OCH3 is 2. The van der Waals surface area contributed by atoms with Gasteiger partial charge in [-0.3, -0.25) is 4.79 Å². The Hall–Kier alpha value is -3.84. The third-order valence-electron chi connectivity index (χ3n) is 4.76. The summed E-state index contributed by atoms with van der Waals surface area (Å²) >= 11 is 6.03. The molecule has 0 aliphatic carbocycles. The third kappa shape index (κ3) is 3.90. The van der Waals surface area contributed by atoms with Crippen LogP contribution in [0.25, 0.3) is 6.08 Å². The van der Waals surface area contributed by atoms with E-state index >= 15 is 0 Å². The van der Waals surface area contributed by atoms with E-state index in [9.17, 15) is 14.0 Å². The van der Waals surface area contributed by atoms with Crippen molar-refractivity contribution in [3.8, 4) is 23.0 Å². The summed E-state index contributed by atoms with van der Waals surface area (Å²) in [5, 5.41) is 0.144. The molecule has 32 heavy (non-hydrogen) atoms. The van der Waals surface area contributed by atoms with Crippen LogP contribution in [0.4, 0.5) is 4.39 Å². The van der Waals surface area contributed by atoms with Crippen LogP contribution >= 0.6 is 11.6 Å². The molecule has 0 N–H and O–H groups in total. The van der Waals surface area contributed by atoms with Crippen molar-refractivity contribution in [3.05, 3.63) is 87.9 Å². The van der Waals surface area contributed by atoms with Crippen LogP contribution in [0.15, 0.2) is 60.4 Å². The second kappa shape index (κ2) is 8.72. The summed E-state index contributed by atoms with van der Waals surface area (Å²) < 4.78 is 35.6. The Balaban J connectivity index is 1.61. The lowest BCUT2D eigenvalue weighted by Crippen LogP contribution is -2.12. The molecule has 0 spiro atoms. The number of halogens is 2. The standard InChI is InChI=1S/C24H16ClFO6/c1-29-18-7-4-8-19(30-2)22(18)24(28)31-13-9-10-14-20(11-13)32-21(23(14)27)12-15-16(25)5-3-6-17(15)26/h3-12H,1-2H3. The average molecular weight is 455 g/mol. The first-order valence-electron chi connectivity index (χ1n) is 9.38. The minimum atomic E-state index is -0.711. The molecule has 3 aromatic rings. The molecular weight excluding hydrogens is 439 g/mol. The van der Waals surface area contributed by atoms with Crippen LogP contribution in [0.3, 0.4) is 0 Å². The lowest BCUT2D eigenvalue weighted by molar-refractivity contribution is 0.0727. The largest absolute Gasteiger partial charge is 0.496 e. The SMILES string of the molecule is COc1cccc(OC)c1C(=O)Oc1ccc2c(c1)OC(=Cc1c(F)cccc1Cl)C2=O. The normalized spacial score (nSPS) is 13.5. The molecule has 0 unspecified atom stereocenters. The highest BCUT2D eigenvalue weighted by molar-refractivity contribution is 6.32. The molecule has 0 saturated carbocycles. The number of ketones is 1. The number of allylic oxidation sites excluding steroid dienone is 1. The van der Waals surface area contributed by atoms with Crippen LogP contribution in [0.1, 0.15) is 26.3 Å². The van der Waals surface area contributed by atoms with Gasteiger partial charge in [0.1, 0.15) is 34.4 Å². The smallest absolute Gasteiger partial charge is 0.351 e. The molecule has 1 heterocycles. The Morgan fingerprint density at radius 1 is 1.03 bits per heavy atom. The molecule has 3 aromatic carbocycles. The number of fused-ring (bicyclic) bond motifs is 1. The lowest BCUT2D eigenvalue weighted by Gasteiger charge is -2.12. The van der Waals surface area contributed by atoms with Gasteiger partial charge in [-0.25, -0.2) is 9.18 Å². The van der Waals surface area contributed by atoms with Gasteiger partial charge in [-0.05, 0) is 42.5 Å². The van der Waals surface area contributed by atoms with E-state index in [0.717, 1.165) is 0 Å². The molecule has 4 rings (SSSR count). The van der Waals surface area contributed by atoms with Gasteiger partial charge in [-0.15, -0.1) is 0 Å². The maximum atomic E-state index is 14.1. The molecule has 8 heteroatoms. The molecule has 162 valence electrons. The van der Waals surface area contributed by atoms with Crippen molar-refractivity contribution in [1.29, 1.82) is 0 Å². The second-order valence-electron chi connectivity index (χ2n) is 6.66. The highest BCUT2D eigenvalue weighted by Crippen LogP contribution is 2.37. The first kappa shape index (κ1) is 21.4. The minimum Gasteiger partial charge on any atom is -0.496 e.